The van der Waals surface area contributed by atoms with Gasteiger partial charge in [-0.25, -0.2) is 0 Å². The molecule has 1 aromatic rings. The number of methoxy groups -OCH3 is 1. The number of nitrogens with two attached hydrogens (primary N) is 1. The third-order valence-corrected chi connectivity index (χ3v) is 2.55. The van der Waals surface area contributed by atoms with Gasteiger partial charge in [0.15, 0.2) is 0 Å². The van der Waals surface area contributed by atoms with Crippen LogP contribution in [0.25, 0.3) is 0 Å². The Morgan fingerprint density at radius 3 is 2.36 bits per heavy atom. The summed E-state index contributed by atoms with van der Waals surface area (Å²) in [4.78, 5) is 0. The van der Waals surface area contributed by atoms with Crippen LogP contribution in [-0.2, 0) is 5.54 Å². The first-order valence-corrected chi connectivity index (χ1v) is 4.87. The Labute approximate surface area is 99.4 Å². The quantitative estimate of drug-likeness (QED) is 0.903. The van der Waals surface area contributed by atoms with Crippen molar-refractivity contribution in [3.8, 4) is 5.75 Å². The number of ether oxygens (including phenoxy) is 1. The van der Waals surface area contributed by atoms with Crippen LogP contribution in [0.3, 0.4) is 0 Å². The Morgan fingerprint density at radius 1 is 1.36 bits per heavy atom. The summed E-state index contributed by atoms with van der Waals surface area (Å²) in [6, 6.07) is 5.89. The van der Waals surface area contributed by atoms with Crippen LogP contribution < -0.4 is 10.5 Å². The molecule has 0 saturated carbocycles. The summed E-state index contributed by atoms with van der Waals surface area (Å²) >= 11 is 3.39. The van der Waals surface area contributed by atoms with E-state index in [1.807, 2.05) is 32.0 Å². The van der Waals surface area contributed by atoms with Gasteiger partial charge in [0.05, 0.1) is 11.6 Å². The maximum Gasteiger partial charge on any atom is 0.133 e. The standard InChI is InChI=1S/C10H14BrNO.ClH/c1-10(2,12)7-4-5-8(11)9(6-7)13-3;/h4-6H,12H2,1-3H3;1H. The number of rotatable bonds is 2. The molecule has 1 aromatic carbocycles. The third kappa shape index (κ3) is 3.15. The molecule has 0 aliphatic heterocycles. The molecule has 2 nitrogen and oxygen atoms in total. The van der Waals surface area contributed by atoms with Crippen LogP contribution in [0.1, 0.15) is 19.4 Å². The summed E-state index contributed by atoms with van der Waals surface area (Å²) in [5, 5.41) is 0. The van der Waals surface area contributed by atoms with Crippen molar-refractivity contribution in [2.75, 3.05) is 7.11 Å². The zero-order valence-corrected chi connectivity index (χ0v) is 10.9. The van der Waals surface area contributed by atoms with Gasteiger partial charge >= 0.3 is 0 Å². The third-order valence-electron chi connectivity index (χ3n) is 1.90. The van der Waals surface area contributed by atoms with Crippen molar-refractivity contribution in [1.29, 1.82) is 0 Å². The van der Waals surface area contributed by atoms with Gasteiger partial charge < -0.3 is 10.5 Å². The Morgan fingerprint density at radius 2 is 1.93 bits per heavy atom. The van der Waals surface area contributed by atoms with Gasteiger partial charge in [0.1, 0.15) is 5.75 Å². The minimum Gasteiger partial charge on any atom is -0.496 e. The molecule has 0 heterocycles. The number of halogens is 2. The summed E-state index contributed by atoms with van der Waals surface area (Å²) < 4.78 is 6.13. The van der Waals surface area contributed by atoms with Gasteiger partial charge in [0.2, 0.25) is 0 Å². The predicted octanol–water partition coefficient (Wildman–Crippen LogP) is 3.07. The van der Waals surface area contributed by atoms with E-state index in [2.05, 4.69) is 15.9 Å². The van der Waals surface area contributed by atoms with Crippen LogP contribution in [0.2, 0.25) is 0 Å². The minimum absolute atomic E-state index is 0. The molecule has 0 radical (unpaired) electrons. The second-order valence-corrected chi connectivity index (χ2v) is 4.43. The molecular weight excluding hydrogens is 265 g/mol. The molecule has 0 atom stereocenters. The zero-order valence-electron chi connectivity index (χ0n) is 8.50. The van der Waals surface area contributed by atoms with Crippen molar-refractivity contribution in [2.24, 2.45) is 5.73 Å². The molecule has 0 aliphatic rings. The summed E-state index contributed by atoms with van der Waals surface area (Å²) in [7, 11) is 1.65. The average Bonchev–Trinajstić information content (AvgIpc) is 2.03. The lowest BCUT2D eigenvalue weighted by atomic mass is 9.96. The molecule has 0 unspecified atom stereocenters. The molecule has 80 valence electrons. The van der Waals surface area contributed by atoms with Crippen LogP contribution in [0, 0.1) is 0 Å². The van der Waals surface area contributed by atoms with Gasteiger partial charge in [-0.05, 0) is 47.5 Å². The molecule has 14 heavy (non-hydrogen) atoms. The highest BCUT2D eigenvalue weighted by Crippen LogP contribution is 2.29. The Hall–Kier alpha value is -0.250. The smallest absolute Gasteiger partial charge is 0.133 e. The number of hydrogen-bond donors (Lipinski definition) is 1. The molecule has 4 heteroatoms. The first kappa shape index (κ1) is 13.8. The van der Waals surface area contributed by atoms with E-state index in [0.29, 0.717) is 0 Å². The SMILES string of the molecule is COc1cc(C(C)(C)N)ccc1Br.Cl. The molecule has 0 aliphatic carbocycles. The van der Waals surface area contributed by atoms with Crippen molar-refractivity contribution >= 4 is 28.3 Å². The first-order chi connectivity index (χ1) is 5.95. The fourth-order valence-corrected chi connectivity index (χ4v) is 1.47. The van der Waals surface area contributed by atoms with Crippen LogP contribution in [0.5, 0.6) is 5.75 Å². The Kier molecular flexibility index (Phi) is 4.92. The second kappa shape index (κ2) is 5.01. The first-order valence-electron chi connectivity index (χ1n) is 4.08. The summed E-state index contributed by atoms with van der Waals surface area (Å²) in [5.74, 6) is 0.816. The number of benzene rings is 1. The van der Waals surface area contributed by atoms with E-state index in [4.69, 9.17) is 10.5 Å². The maximum absolute atomic E-state index is 5.96. The van der Waals surface area contributed by atoms with Gasteiger partial charge in [-0.3, -0.25) is 0 Å². The lowest BCUT2D eigenvalue weighted by Crippen LogP contribution is -2.28. The predicted molar refractivity (Wildman–Crippen MR) is 65.2 cm³/mol. The van der Waals surface area contributed by atoms with Gasteiger partial charge in [0.25, 0.3) is 0 Å². The van der Waals surface area contributed by atoms with E-state index in [1.165, 1.54) is 0 Å². The largest absolute Gasteiger partial charge is 0.496 e. The highest BCUT2D eigenvalue weighted by molar-refractivity contribution is 9.10. The second-order valence-electron chi connectivity index (χ2n) is 3.57. The highest BCUT2D eigenvalue weighted by Gasteiger charge is 2.15. The topological polar surface area (TPSA) is 35.2 Å². The van der Waals surface area contributed by atoms with Crippen LogP contribution in [-0.4, -0.2) is 7.11 Å². The van der Waals surface area contributed by atoms with Crippen molar-refractivity contribution in [1.82, 2.24) is 0 Å². The van der Waals surface area contributed by atoms with Gasteiger partial charge in [-0.1, -0.05) is 6.07 Å². The lowest BCUT2D eigenvalue weighted by molar-refractivity contribution is 0.409. The summed E-state index contributed by atoms with van der Waals surface area (Å²) in [6.07, 6.45) is 0. The molecule has 0 aromatic heterocycles. The molecule has 0 spiro atoms. The van der Waals surface area contributed by atoms with E-state index in [9.17, 15) is 0 Å². The average molecular weight is 281 g/mol. The fraction of sp³-hybridized carbons (Fsp3) is 0.400. The molecule has 1 rings (SSSR count). The van der Waals surface area contributed by atoms with Crippen molar-refractivity contribution in [2.45, 2.75) is 19.4 Å². The van der Waals surface area contributed by atoms with Crippen LogP contribution in [0.15, 0.2) is 22.7 Å². The lowest BCUT2D eigenvalue weighted by Gasteiger charge is -2.20. The zero-order chi connectivity index (χ0) is 10.1. The highest BCUT2D eigenvalue weighted by atomic mass is 79.9. The molecule has 0 amide bonds. The molecule has 0 saturated heterocycles. The van der Waals surface area contributed by atoms with Crippen molar-refractivity contribution in [3.05, 3.63) is 28.2 Å². The van der Waals surface area contributed by atoms with E-state index < -0.39 is 0 Å². The van der Waals surface area contributed by atoms with Crippen LogP contribution >= 0.6 is 28.3 Å². The molecule has 0 fully saturated rings. The monoisotopic (exact) mass is 279 g/mol. The summed E-state index contributed by atoms with van der Waals surface area (Å²) in [5.41, 5.74) is 6.70. The van der Waals surface area contributed by atoms with E-state index >= 15 is 0 Å². The normalized spacial score (nSPS) is 10.6. The molecular formula is C10H15BrClNO. The maximum atomic E-state index is 5.96. The van der Waals surface area contributed by atoms with E-state index in [1.54, 1.807) is 7.11 Å². The Balaban J connectivity index is 0.00000169. The molecule has 2 N–H and O–H groups in total. The van der Waals surface area contributed by atoms with Gasteiger partial charge in [-0.15, -0.1) is 12.4 Å². The Bertz CT molecular complexity index is 309. The van der Waals surface area contributed by atoms with Gasteiger partial charge in [0, 0.05) is 5.54 Å². The van der Waals surface area contributed by atoms with Crippen molar-refractivity contribution in [3.63, 3.8) is 0 Å². The van der Waals surface area contributed by atoms with E-state index in [-0.39, 0.29) is 17.9 Å². The minimum atomic E-state index is -0.325. The fourth-order valence-electron chi connectivity index (χ4n) is 1.06. The van der Waals surface area contributed by atoms with E-state index in [0.717, 1.165) is 15.8 Å². The van der Waals surface area contributed by atoms with Crippen molar-refractivity contribution < 1.29 is 4.74 Å². The number of hydrogen-bond acceptors (Lipinski definition) is 2. The van der Waals surface area contributed by atoms with Gasteiger partial charge in [-0.2, -0.15) is 0 Å². The summed E-state index contributed by atoms with van der Waals surface area (Å²) in [6.45, 7) is 3.94. The molecule has 0 bridgehead atoms. The van der Waals surface area contributed by atoms with Crippen LogP contribution in [0.4, 0.5) is 0 Å².